The highest BCUT2D eigenvalue weighted by Crippen LogP contribution is 2.15. The molecule has 0 saturated heterocycles. The predicted molar refractivity (Wildman–Crippen MR) is 106 cm³/mol. The van der Waals surface area contributed by atoms with Crippen LogP contribution >= 0.6 is 11.6 Å². The zero-order valence-electron chi connectivity index (χ0n) is 14.5. The molecule has 1 N–H and O–H groups in total. The predicted octanol–water partition coefficient (Wildman–Crippen LogP) is 4.06. The largest absolute Gasteiger partial charge is 0.348 e. The van der Waals surface area contributed by atoms with E-state index in [9.17, 15) is 4.79 Å². The highest BCUT2D eigenvalue weighted by Gasteiger charge is 2.10. The van der Waals surface area contributed by atoms with Crippen molar-refractivity contribution in [1.29, 1.82) is 0 Å². The maximum Gasteiger partial charge on any atom is 0.251 e. The molecular weight excluding hydrogens is 360 g/mol. The Morgan fingerprint density at radius 2 is 1.74 bits per heavy atom. The molecule has 1 heterocycles. The van der Waals surface area contributed by atoms with Gasteiger partial charge in [0.15, 0.2) is 0 Å². The molecule has 134 valence electrons. The molecule has 1 amide bonds. The van der Waals surface area contributed by atoms with Crippen LogP contribution in [0, 0.1) is 0 Å². The van der Waals surface area contributed by atoms with E-state index in [1.807, 2.05) is 53.2 Å². The second kappa shape index (κ2) is 7.60. The number of benzene rings is 3. The Bertz CT molecular complexity index is 1070. The zero-order chi connectivity index (χ0) is 18.6. The van der Waals surface area contributed by atoms with Crippen LogP contribution in [0.15, 0.2) is 72.8 Å². The normalized spacial score (nSPS) is 10.9. The quantitative estimate of drug-likeness (QED) is 0.571. The summed E-state index contributed by atoms with van der Waals surface area (Å²) in [6.45, 7) is 1.08. The van der Waals surface area contributed by atoms with Crippen LogP contribution in [0.1, 0.15) is 21.5 Å². The van der Waals surface area contributed by atoms with E-state index in [1.54, 1.807) is 24.3 Å². The smallest absolute Gasteiger partial charge is 0.251 e. The van der Waals surface area contributed by atoms with E-state index in [0.717, 1.165) is 16.6 Å². The molecule has 0 saturated carbocycles. The molecule has 0 fully saturated rings. The van der Waals surface area contributed by atoms with Gasteiger partial charge in [-0.25, -0.2) is 4.68 Å². The molecule has 0 aliphatic rings. The molecule has 0 spiro atoms. The number of carbonyl (C=O) groups is 1. The van der Waals surface area contributed by atoms with Gasteiger partial charge in [-0.1, -0.05) is 59.3 Å². The molecule has 0 aliphatic heterocycles. The molecule has 4 rings (SSSR count). The van der Waals surface area contributed by atoms with Gasteiger partial charge in [-0.15, -0.1) is 5.10 Å². The molecule has 0 unspecified atom stereocenters. The SMILES string of the molecule is O=C(NCc1ccc(Cl)cc1)c1ccc2c(c1)nnn2Cc1ccccc1. The molecule has 0 bridgehead atoms. The monoisotopic (exact) mass is 376 g/mol. The molecule has 6 heteroatoms. The highest BCUT2D eigenvalue weighted by molar-refractivity contribution is 6.30. The molecule has 1 aromatic heterocycles. The number of hydrogen-bond acceptors (Lipinski definition) is 3. The lowest BCUT2D eigenvalue weighted by Gasteiger charge is -2.06. The number of carbonyl (C=O) groups excluding carboxylic acids is 1. The molecule has 0 aliphatic carbocycles. The Balaban J connectivity index is 1.48. The van der Waals surface area contributed by atoms with Crippen molar-refractivity contribution in [2.24, 2.45) is 0 Å². The lowest BCUT2D eigenvalue weighted by Crippen LogP contribution is -2.22. The van der Waals surface area contributed by atoms with Crippen molar-refractivity contribution >= 4 is 28.5 Å². The van der Waals surface area contributed by atoms with Crippen LogP contribution in [0.4, 0.5) is 0 Å². The Hall–Kier alpha value is -3.18. The maximum absolute atomic E-state index is 12.4. The molecule has 4 aromatic rings. The first-order chi connectivity index (χ1) is 13.2. The Labute approximate surface area is 161 Å². The minimum atomic E-state index is -0.149. The summed E-state index contributed by atoms with van der Waals surface area (Å²) in [5.74, 6) is -0.149. The first-order valence-corrected chi connectivity index (χ1v) is 8.97. The third-order valence-corrected chi connectivity index (χ3v) is 4.57. The maximum atomic E-state index is 12.4. The van der Waals surface area contributed by atoms with Gasteiger partial charge in [-0.2, -0.15) is 0 Å². The average molecular weight is 377 g/mol. The van der Waals surface area contributed by atoms with Crippen LogP contribution in [0.3, 0.4) is 0 Å². The van der Waals surface area contributed by atoms with Crippen LogP contribution in [0.2, 0.25) is 5.02 Å². The van der Waals surface area contributed by atoms with E-state index < -0.39 is 0 Å². The van der Waals surface area contributed by atoms with Gasteiger partial charge in [0.1, 0.15) is 5.52 Å². The summed E-state index contributed by atoms with van der Waals surface area (Å²) in [5, 5.41) is 12.0. The number of amides is 1. The van der Waals surface area contributed by atoms with Crippen molar-refractivity contribution in [3.63, 3.8) is 0 Å². The summed E-state index contributed by atoms with van der Waals surface area (Å²) in [6.07, 6.45) is 0. The summed E-state index contributed by atoms with van der Waals surface area (Å²) in [6, 6.07) is 22.9. The van der Waals surface area contributed by atoms with Crippen molar-refractivity contribution in [3.05, 3.63) is 94.5 Å². The van der Waals surface area contributed by atoms with Crippen molar-refractivity contribution in [1.82, 2.24) is 20.3 Å². The van der Waals surface area contributed by atoms with Crippen molar-refractivity contribution in [2.75, 3.05) is 0 Å². The average Bonchev–Trinajstić information content (AvgIpc) is 3.10. The number of nitrogens with zero attached hydrogens (tertiary/aromatic N) is 3. The van der Waals surface area contributed by atoms with E-state index >= 15 is 0 Å². The van der Waals surface area contributed by atoms with Gasteiger partial charge >= 0.3 is 0 Å². The van der Waals surface area contributed by atoms with Crippen LogP contribution in [0.25, 0.3) is 11.0 Å². The first kappa shape index (κ1) is 17.2. The van der Waals surface area contributed by atoms with Crippen LogP contribution in [0.5, 0.6) is 0 Å². The lowest BCUT2D eigenvalue weighted by molar-refractivity contribution is 0.0951. The number of fused-ring (bicyclic) bond motifs is 1. The topological polar surface area (TPSA) is 59.8 Å². The fourth-order valence-electron chi connectivity index (χ4n) is 2.87. The van der Waals surface area contributed by atoms with E-state index in [-0.39, 0.29) is 5.91 Å². The number of halogens is 1. The fourth-order valence-corrected chi connectivity index (χ4v) is 3.00. The van der Waals surface area contributed by atoms with Crippen LogP contribution in [-0.4, -0.2) is 20.9 Å². The van der Waals surface area contributed by atoms with E-state index in [4.69, 9.17) is 11.6 Å². The minimum absolute atomic E-state index is 0.149. The van der Waals surface area contributed by atoms with Gasteiger partial charge in [0.2, 0.25) is 0 Å². The van der Waals surface area contributed by atoms with Gasteiger partial charge in [0, 0.05) is 17.1 Å². The van der Waals surface area contributed by atoms with Gasteiger partial charge in [0.25, 0.3) is 5.91 Å². The van der Waals surface area contributed by atoms with Gasteiger partial charge < -0.3 is 5.32 Å². The summed E-state index contributed by atoms with van der Waals surface area (Å²) in [4.78, 5) is 12.4. The molecule has 3 aromatic carbocycles. The zero-order valence-corrected chi connectivity index (χ0v) is 15.2. The van der Waals surface area contributed by atoms with Gasteiger partial charge in [-0.05, 0) is 41.5 Å². The standard InChI is InChI=1S/C21H17ClN4O/c22-18-9-6-15(7-10-18)13-23-21(27)17-8-11-20-19(12-17)24-25-26(20)14-16-4-2-1-3-5-16/h1-12H,13-14H2,(H,23,27). The van der Waals surface area contributed by atoms with Crippen LogP contribution in [-0.2, 0) is 13.1 Å². The third kappa shape index (κ3) is 3.99. The number of hydrogen-bond donors (Lipinski definition) is 1. The van der Waals surface area contributed by atoms with E-state index in [2.05, 4.69) is 15.6 Å². The van der Waals surface area contributed by atoms with Gasteiger partial charge in [0.05, 0.1) is 12.1 Å². The van der Waals surface area contributed by atoms with Crippen molar-refractivity contribution in [3.8, 4) is 0 Å². The van der Waals surface area contributed by atoms with Gasteiger partial charge in [-0.3, -0.25) is 4.79 Å². The summed E-state index contributed by atoms with van der Waals surface area (Å²) >= 11 is 5.88. The number of nitrogens with one attached hydrogen (secondary N) is 1. The second-order valence-corrected chi connectivity index (χ2v) is 6.68. The summed E-state index contributed by atoms with van der Waals surface area (Å²) in [5.41, 5.74) is 4.29. The third-order valence-electron chi connectivity index (χ3n) is 4.32. The second-order valence-electron chi connectivity index (χ2n) is 6.25. The highest BCUT2D eigenvalue weighted by atomic mass is 35.5. The first-order valence-electron chi connectivity index (χ1n) is 8.59. The van der Waals surface area contributed by atoms with Crippen LogP contribution < -0.4 is 5.32 Å². The number of rotatable bonds is 5. The molecule has 0 atom stereocenters. The molecular formula is C21H17ClN4O. The lowest BCUT2D eigenvalue weighted by atomic mass is 10.1. The molecule has 0 radical (unpaired) electrons. The van der Waals surface area contributed by atoms with E-state index in [1.165, 1.54) is 0 Å². The minimum Gasteiger partial charge on any atom is -0.348 e. The molecule has 5 nitrogen and oxygen atoms in total. The number of aromatic nitrogens is 3. The van der Waals surface area contributed by atoms with Crippen molar-refractivity contribution < 1.29 is 4.79 Å². The van der Waals surface area contributed by atoms with E-state index in [0.29, 0.717) is 29.2 Å². The summed E-state index contributed by atoms with van der Waals surface area (Å²) in [7, 11) is 0. The van der Waals surface area contributed by atoms with Crippen molar-refractivity contribution in [2.45, 2.75) is 13.1 Å². The fraction of sp³-hybridized carbons (Fsp3) is 0.0952. The molecule has 27 heavy (non-hydrogen) atoms. The Morgan fingerprint density at radius 3 is 2.52 bits per heavy atom. The summed E-state index contributed by atoms with van der Waals surface area (Å²) < 4.78 is 1.83. The Morgan fingerprint density at radius 1 is 0.963 bits per heavy atom. The Kier molecular flexibility index (Phi) is 4.85.